The Morgan fingerprint density at radius 2 is 2.17 bits per heavy atom. The van der Waals surface area contributed by atoms with E-state index in [0.717, 1.165) is 0 Å². The van der Waals surface area contributed by atoms with Crippen molar-refractivity contribution in [2.45, 2.75) is 13.3 Å². The summed E-state index contributed by atoms with van der Waals surface area (Å²) in [6.45, 7) is 1.88. The summed E-state index contributed by atoms with van der Waals surface area (Å²) < 4.78 is 27.9. The molecular formula is C12H16N2O3S. The minimum absolute atomic E-state index is 0.0976. The van der Waals surface area contributed by atoms with Gasteiger partial charge in [-0.05, 0) is 24.6 Å². The molecule has 1 rings (SSSR count). The monoisotopic (exact) mass is 268 g/mol. The highest BCUT2D eigenvalue weighted by molar-refractivity contribution is 7.91. The molecule has 0 aliphatic rings. The third-order valence-corrected chi connectivity index (χ3v) is 4.21. The first-order chi connectivity index (χ1) is 8.48. The molecule has 0 spiro atoms. The maximum atomic E-state index is 11.3. The largest absolute Gasteiger partial charge is 0.492 e. The molecular weight excluding hydrogens is 252 g/mol. The fourth-order valence-corrected chi connectivity index (χ4v) is 2.21. The molecule has 0 amide bonds. The molecule has 5 nitrogen and oxygen atoms in total. The van der Waals surface area contributed by atoms with Crippen molar-refractivity contribution in [3.63, 3.8) is 0 Å². The standard InChI is InChI=1S/C12H16N2O3S/c1-2-18(15,16)7-3-6-17-12-5-4-11(14)8-10(12)9-13/h4-5,8H,2-3,6-7,14H2,1H3. The second-order valence-electron chi connectivity index (χ2n) is 3.81. The number of benzene rings is 1. The summed E-state index contributed by atoms with van der Waals surface area (Å²) in [6, 6.07) is 6.76. The fourth-order valence-electron chi connectivity index (χ4n) is 1.37. The molecule has 0 radical (unpaired) electrons. The molecule has 6 heteroatoms. The Bertz CT molecular complexity index is 547. The second-order valence-corrected chi connectivity index (χ2v) is 6.28. The van der Waals surface area contributed by atoms with Gasteiger partial charge in [0.15, 0.2) is 0 Å². The summed E-state index contributed by atoms with van der Waals surface area (Å²) in [5.41, 5.74) is 6.39. The number of ether oxygens (including phenoxy) is 1. The first kappa shape index (κ1) is 14.3. The van der Waals surface area contributed by atoms with Crippen molar-refractivity contribution in [3.05, 3.63) is 23.8 Å². The first-order valence-electron chi connectivity index (χ1n) is 5.61. The van der Waals surface area contributed by atoms with Gasteiger partial charge in [-0.15, -0.1) is 0 Å². The summed E-state index contributed by atoms with van der Waals surface area (Å²) >= 11 is 0. The number of anilines is 1. The molecule has 1 aromatic rings. The van der Waals surface area contributed by atoms with Gasteiger partial charge < -0.3 is 10.5 Å². The van der Waals surface area contributed by atoms with E-state index in [2.05, 4.69) is 0 Å². The highest BCUT2D eigenvalue weighted by atomic mass is 32.2. The Morgan fingerprint density at radius 1 is 1.44 bits per heavy atom. The maximum absolute atomic E-state index is 11.3. The van der Waals surface area contributed by atoms with Crippen LogP contribution in [0.2, 0.25) is 0 Å². The minimum Gasteiger partial charge on any atom is -0.492 e. The van der Waals surface area contributed by atoms with Gasteiger partial charge in [-0.2, -0.15) is 5.26 Å². The van der Waals surface area contributed by atoms with Crippen LogP contribution in [0.4, 0.5) is 5.69 Å². The number of nitrogen functional groups attached to an aromatic ring is 1. The molecule has 0 atom stereocenters. The number of nitrogens with zero attached hydrogens (tertiary/aromatic N) is 1. The SMILES string of the molecule is CCS(=O)(=O)CCCOc1ccc(N)cc1C#N. The smallest absolute Gasteiger partial charge is 0.150 e. The molecule has 18 heavy (non-hydrogen) atoms. The van der Waals surface area contributed by atoms with Crippen molar-refractivity contribution >= 4 is 15.5 Å². The highest BCUT2D eigenvalue weighted by Gasteiger charge is 2.08. The molecule has 2 N–H and O–H groups in total. The van der Waals surface area contributed by atoms with Crippen LogP contribution < -0.4 is 10.5 Å². The van der Waals surface area contributed by atoms with E-state index in [4.69, 9.17) is 15.7 Å². The predicted octanol–water partition coefficient (Wildman–Crippen LogP) is 1.34. The molecule has 98 valence electrons. The Morgan fingerprint density at radius 3 is 2.78 bits per heavy atom. The van der Waals surface area contributed by atoms with Gasteiger partial charge in [0.2, 0.25) is 0 Å². The van der Waals surface area contributed by atoms with Crippen LogP contribution >= 0.6 is 0 Å². The van der Waals surface area contributed by atoms with Gasteiger partial charge in [-0.25, -0.2) is 8.42 Å². The van der Waals surface area contributed by atoms with E-state index in [9.17, 15) is 8.42 Å². The van der Waals surface area contributed by atoms with Gasteiger partial charge in [0.1, 0.15) is 21.7 Å². The fraction of sp³-hybridized carbons (Fsp3) is 0.417. The lowest BCUT2D eigenvalue weighted by Crippen LogP contribution is -2.12. The summed E-state index contributed by atoms with van der Waals surface area (Å²) in [6.07, 6.45) is 0.408. The minimum atomic E-state index is -2.96. The zero-order valence-corrected chi connectivity index (χ0v) is 11.0. The molecule has 0 fully saturated rings. The van der Waals surface area contributed by atoms with Gasteiger partial charge in [0, 0.05) is 11.4 Å². The van der Waals surface area contributed by atoms with E-state index in [1.54, 1.807) is 19.1 Å². The third kappa shape index (κ3) is 4.26. The number of rotatable bonds is 6. The quantitative estimate of drug-likeness (QED) is 0.620. The molecule has 0 aromatic heterocycles. The van der Waals surface area contributed by atoms with Crippen LogP contribution in [0.3, 0.4) is 0 Å². The molecule has 0 aliphatic heterocycles. The van der Waals surface area contributed by atoms with E-state index in [1.165, 1.54) is 6.07 Å². The van der Waals surface area contributed by atoms with Crippen molar-refractivity contribution in [1.29, 1.82) is 5.26 Å². The van der Waals surface area contributed by atoms with Crippen molar-refractivity contribution in [3.8, 4) is 11.8 Å². The summed E-state index contributed by atoms with van der Waals surface area (Å²) in [7, 11) is -2.96. The van der Waals surface area contributed by atoms with Crippen molar-refractivity contribution in [2.75, 3.05) is 23.8 Å². The van der Waals surface area contributed by atoms with Gasteiger partial charge in [-0.3, -0.25) is 0 Å². The topological polar surface area (TPSA) is 93.2 Å². The van der Waals surface area contributed by atoms with Crippen LogP contribution in [0.1, 0.15) is 18.9 Å². The maximum Gasteiger partial charge on any atom is 0.150 e. The van der Waals surface area contributed by atoms with Crippen LogP contribution in [0, 0.1) is 11.3 Å². The average Bonchev–Trinajstić information content (AvgIpc) is 2.36. The zero-order valence-electron chi connectivity index (χ0n) is 10.2. The van der Waals surface area contributed by atoms with E-state index >= 15 is 0 Å². The van der Waals surface area contributed by atoms with Gasteiger partial charge in [0.25, 0.3) is 0 Å². The predicted molar refractivity (Wildman–Crippen MR) is 70.0 cm³/mol. The highest BCUT2D eigenvalue weighted by Crippen LogP contribution is 2.20. The second kappa shape index (κ2) is 6.26. The first-order valence-corrected chi connectivity index (χ1v) is 7.43. The Balaban J connectivity index is 2.53. The van der Waals surface area contributed by atoms with Gasteiger partial charge in [0.05, 0.1) is 17.9 Å². The lowest BCUT2D eigenvalue weighted by molar-refractivity contribution is 0.317. The third-order valence-electron chi connectivity index (χ3n) is 2.42. The van der Waals surface area contributed by atoms with Crippen LogP contribution in [-0.2, 0) is 9.84 Å². The number of sulfone groups is 1. The number of nitriles is 1. The number of nitrogens with two attached hydrogens (primary N) is 1. The Labute approximate surface area is 107 Å². The van der Waals surface area contributed by atoms with E-state index in [1.807, 2.05) is 6.07 Å². The lowest BCUT2D eigenvalue weighted by Gasteiger charge is -2.08. The van der Waals surface area contributed by atoms with E-state index in [0.29, 0.717) is 23.4 Å². The molecule has 1 aromatic carbocycles. The number of hydrogen-bond donors (Lipinski definition) is 1. The molecule has 0 unspecified atom stereocenters. The van der Waals surface area contributed by atoms with Crippen LogP contribution in [0.15, 0.2) is 18.2 Å². The summed E-state index contributed by atoms with van der Waals surface area (Å²) in [5, 5.41) is 8.89. The van der Waals surface area contributed by atoms with E-state index < -0.39 is 9.84 Å². The van der Waals surface area contributed by atoms with E-state index in [-0.39, 0.29) is 18.1 Å². The molecule has 0 saturated heterocycles. The summed E-state index contributed by atoms with van der Waals surface area (Å²) in [5.74, 6) is 0.666. The summed E-state index contributed by atoms with van der Waals surface area (Å²) in [4.78, 5) is 0. The Kier molecular flexibility index (Phi) is 4.98. The van der Waals surface area contributed by atoms with Gasteiger partial charge >= 0.3 is 0 Å². The molecule has 0 heterocycles. The molecule has 0 saturated carbocycles. The van der Waals surface area contributed by atoms with Crippen molar-refractivity contribution in [2.24, 2.45) is 0 Å². The van der Waals surface area contributed by atoms with Gasteiger partial charge in [-0.1, -0.05) is 6.92 Å². The zero-order chi connectivity index (χ0) is 13.6. The van der Waals surface area contributed by atoms with Crippen molar-refractivity contribution < 1.29 is 13.2 Å². The number of hydrogen-bond acceptors (Lipinski definition) is 5. The van der Waals surface area contributed by atoms with Crippen LogP contribution in [0.25, 0.3) is 0 Å². The van der Waals surface area contributed by atoms with Crippen LogP contribution in [0.5, 0.6) is 5.75 Å². The molecule has 0 bridgehead atoms. The lowest BCUT2D eigenvalue weighted by atomic mass is 10.2. The Hall–Kier alpha value is -1.74. The molecule has 0 aliphatic carbocycles. The normalized spacial score (nSPS) is 10.9. The van der Waals surface area contributed by atoms with Crippen LogP contribution in [-0.4, -0.2) is 26.5 Å². The van der Waals surface area contributed by atoms with Crippen molar-refractivity contribution in [1.82, 2.24) is 0 Å². The average molecular weight is 268 g/mol.